The van der Waals surface area contributed by atoms with Gasteiger partial charge in [0, 0.05) is 11.3 Å². The topological polar surface area (TPSA) is 98.7 Å². The number of amides is 1. The van der Waals surface area contributed by atoms with Gasteiger partial charge in [0.25, 0.3) is 5.91 Å². The lowest BCUT2D eigenvalue weighted by molar-refractivity contribution is 0.102. The number of hydrogen-bond donors (Lipinski definition) is 1. The first-order chi connectivity index (χ1) is 12.7. The summed E-state index contributed by atoms with van der Waals surface area (Å²) >= 11 is 0. The molecule has 0 aliphatic rings. The van der Waals surface area contributed by atoms with Crippen molar-refractivity contribution in [3.8, 4) is 17.0 Å². The summed E-state index contributed by atoms with van der Waals surface area (Å²) in [5, 5.41) is 13.9. The van der Waals surface area contributed by atoms with Crippen molar-refractivity contribution < 1.29 is 9.21 Å². The minimum Gasteiger partial charge on any atom is -0.443 e. The molecule has 0 aliphatic carbocycles. The van der Waals surface area contributed by atoms with Crippen LogP contribution in [0, 0.1) is 6.92 Å². The van der Waals surface area contributed by atoms with E-state index in [4.69, 9.17) is 4.42 Å². The zero-order valence-corrected chi connectivity index (χ0v) is 13.8. The van der Waals surface area contributed by atoms with Gasteiger partial charge in [-0.15, -0.1) is 5.10 Å². The van der Waals surface area contributed by atoms with E-state index in [1.165, 1.54) is 17.4 Å². The number of tetrazole rings is 1. The van der Waals surface area contributed by atoms with Crippen molar-refractivity contribution in [1.29, 1.82) is 0 Å². The van der Waals surface area contributed by atoms with Crippen molar-refractivity contribution in [1.82, 2.24) is 25.2 Å². The van der Waals surface area contributed by atoms with Gasteiger partial charge in [-0.1, -0.05) is 35.9 Å². The van der Waals surface area contributed by atoms with Gasteiger partial charge >= 0.3 is 0 Å². The molecule has 4 aromatic rings. The number of oxazole rings is 1. The maximum absolute atomic E-state index is 12.7. The number of rotatable bonds is 4. The first-order valence-electron chi connectivity index (χ1n) is 7.86. The van der Waals surface area contributed by atoms with Gasteiger partial charge in [0.15, 0.2) is 17.8 Å². The van der Waals surface area contributed by atoms with Crippen LogP contribution in [0.15, 0.2) is 65.7 Å². The predicted molar refractivity (Wildman–Crippen MR) is 93.8 cm³/mol. The Morgan fingerprint density at radius 2 is 2.00 bits per heavy atom. The van der Waals surface area contributed by atoms with Crippen LogP contribution in [0.1, 0.15) is 16.1 Å². The number of anilines is 1. The van der Waals surface area contributed by atoms with Gasteiger partial charge in [0.1, 0.15) is 6.33 Å². The molecule has 1 N–H and O–H groups in total. The Bertz CT molecular complexity index is 1040. The van der Waals surface area contributed by atoms with Crippen LogP contribution in [0.25, 0.3) is 17.0 Å². The van der Waals surface area contributed by atoms with Gasteiger partial charge in [-0.05, 0) is 35.5 Å². The van der Waals surface area contributed by atoms with Gasteiger partial charge in [0.05, 0.1) is 5.69 Å². The third kappa shape index (κ3) is 3.07. The number of carbonyl (C=O) groups is 1. The number of carbonyl (C=O) groups excluding carboxylic acids is 1. The molecule has 26 heavy (non-hydrogen) atoms. The zero-order chi connectivity index (χ0) is 17.9. The molecule has 2 heterocycles. The summed E-state index contributed by atoms with van der Waals surface area (Å²) in [5.74, 6) is 0.0716. The van der Waals surface area contributed by atoms with Crippen LogP contribution in [0.3, 0.4) is 0 Å². The van der Waals surface area contributed by atoms with Crippen molar-refractivity contribution in [2.24, 2.45) is 0 Å². The standard InChI is InChI=1S/C18H14N6O2/c1-12-5-7-13(8-6-12)17-16(19-11-26-17)18(25)21-14-3-2-4-15(9-14)24-10-20-22-23-24/h2-11H,1H3,(H,21,25). The van der Waals surface area contributed by atoms with Gasteiger partial charge < -0.3 is 9.73 Å². The Morgan fingerprint density at radius 1 is 1.15 bits per heavy atom. The number of nitrogens with zero attached hydrogens (tertiary/aromatic N) is 5. The zero-order valence-electron chi connectivity index (χ0n) is 13.8. The molecule has 1 amide bonds. The SMILES string of the molecule is Cc1ccc(-c2ocnc2C(=O)Nc2cccc(-n3cnnn3)c2)cc1. The van der Waals surface area contributed by atoms with E-state index in [9.17, 15) is 4.79 Å². The Labute approximate surface area is 148 Å². The van der Waals surface area contributed by atoms with E-state index >= 15 is 0 Å². The molecule has 8 heteroatoms. The molecule has 2 aromatic heterocycles. The minimum absolute atomic E-state index is 0.224. The highest BCUT2D eigenvalue weighted by atomic mass is 16.3. The van der Waals surface area contributed by atoms with E-state index in [0.717, 1.165) is 16.8 Å². The molecule has 0 spiro atoms. The average Bonchev–Trinajstić information content (AvgIpc) is 3.35. The molecule has 0 unspecified atom stereocenters. The van der Waals surface area contributed by atoms with Crippen molar-refractivity contribution >= 4 is 11.6 Å². The van der Waals surface area contributed by atoms with Crippen molar-refractivity contribution in [3.05, 3.63) is 72.5 Å². The molecular weight excluding hydrogens is 332 g/mol. The van der Waals surface area contributed by atoms with Crippen LogP contribution < -0.4 is 5.32 Å². The van der Waals surface area contributed by atoms with Gasteiger partial charge in [-0.2, -0.15) is 0 Å². The van der Waals surface area contributed by atoms with E-state index < -0.39 is 0 Å². The second kappa shape index (κ2) is 6.60. The molecule has 0 atom stereocenters. The molecule has 0 saturated heterocycles. The summed E-state index contributed by atoms with van der Waals surface area (Å²) < 4.78 is 6.93. The van der Waals surface area contributed by atoms with Crippen LogP contribution in [0.4, 0.5) is 5.69 Å². The Kier molecular flexibility index (Phi) is 3.98. The number of nitrogens with one attached hydrogen (secondary N) is 1. The maximum Gasteiger partial charge on any atom is 0.278 e. The third-order valence-corrected chi connectivity index (χ3v) is 3.81. The summed E-state index contributed by atoms with van der Waals surface area (Å²) in [6, 6.07) is 14.9. The number of aromatic nitrogens is 5. The van der Waals surface area contributed by atoms with E-state index in [2.05, 4.69) is 25.8 Å². The van der Waals surface area contributed by atoms with Crippen LogP contribution in [-0.4, -0.2) is 31.1 Å². The van der Waals surface area contributed by atoms with Crippen LogP contribution in [0.2, 0.25) is 0 Å². The quantitative estimate of drug-likeness (QED) is 0.610. The van der Waals surface area contributed by atoms with Crippen LogP contribution in [-0.2, 0) is 0 Å². The molecule has 4 rings (SSSR count). The van der Waals surface area contributed by atoms with Gasteiger partial charge in [-0.25, -0.2) is 9.67 Å². The second-order valence-electron chi connectivity index (χ2n) is 5.65. The summed E-state index contributed by atoms with van der Waals surface area (Å²) in [5.41, 5.74) is 3.47. The fourth-order valence-corrected chi connectivity index (χ4v) is 2.51. The molecule has 0 saturated carbocycles. The highest BCUT2D eigenvalue weighted by Gasteiger charge is 2.18. The minimum atomic E-state index is -0.358. The molecule has 0 bridgehead atoms. The fraction of sp³-hybridized carbons (Fsp3) is 0.0556. The number of benzene rings is 2. The molecule has 0 radical (unpaired) electrons. The lowest BCUT2D eigenvalue weighted by atomic mass is 10.1. The van der Waals surface area contributed by atoms with Crippen LogP contribution in [0.5, 0.6) is 0 Å². The molecule has 0 aliphatic heterocycles. The highest BCUT2D eigenvalue weighted by molar-refractivity contribution is 6.06. The highest BCUT2D eigenvalue weighted by Crippen LogP contribution is 2.24. The Morgan fingerprint density at radius 3 is 2.77 bits per heavy atom. The first-order valence-corrected chi connectivity index (χ1v) is 7.86. The fourth-order valence-electron chi connectivity index (χ4n) is 2.51. The molecular formula is C18H14N6O2. The molecule has 128 valence electrons. The second-order valence-corrected chi connectivity index (χ2v) is 5.65. The summed E-state index contributed by atoms with van der Waals surface area (Å²) in [4.78, 5) is 16.7. The number of aryl methyl sites for hydroxylation is 1. The largest absolute Gasteiger partial charge is 0.443 e. The van der Waals surface area contributed by atoms with Crippen molar-refractivity contribution in [2.45, 2.75) is 6.92 Å². The predicted octanol–water partition coefficient (Wildman–Crippen LogP) is 2.88. The molecule has 0 fully saturated rings. The summed E-state index contributed by atoms with van der Waals surface area (Å²) in [6.45, 7) is 2.00. The normalized spacial score (nSPS) is 10.7. The lowest BCUT2D eigenvalue weighted by Gasteiger charge is -2.07. The number of hydrogen-bond acceptors (Lipinski definition) is 6. The molecule has 8 nitrogen and oxygen atoms in total. The smallest absolute Gasteiger partial charge is 0.278 e. The Balaban J connectivity index is 1.59. The monoisotopic (exact) mass is 346 g/mol. The van der Waals surface area contributed by atoms with E-state index in [0.29, 0.717) is 11.4 Å². The van der Waals surface area contributed by atoms with Crippen molar-refractivity contribution in [2.75, 3.05) is 5.32 Å². The van der Waals surface area contributed by atoms with Crippen LogP contribution >= 0.6 is 0 Å². The lowest BCUT2D eigenvalue weighted by Crippen LogP contribution is -2.13. The van der Waals surface area contributed by atoms with Gasteiger partial charge in [-0.3, -0.25) is 4.79 Å². The van der Waals surface area contributed by atoms with Crippen molar-refractivity contribution in [3.63, 3.8) is 0 Å². The molecule has 2 aromatic carbocycles. The summed E-state index contributed by atoms with van der Waals surface area (Å²) in [7, 11) is 0. The van der Waals surface area contributed by atoms with E-state index in [-0.39, 0.29) is 11.6 Å². The van der Waals surface area contributed by atoms with E-state index in [1.807, 2.05) is 37.3 Å². The first kappa shape index (κ1) is 15.7. The van der Waals surface area contributed by atoms with Gasteiger partial charge in [0.2, 0.25) is 0 Å². The maximum atomic E-state index is 12.7. The average molecular weight is 346 g/mol. The summed E-state index contributed by atoms with van der Waals surface area (Å²) in [6.07, 6.45) is 2.75. The Hall–Kier alpha value is -3.81. The van der Waals surface area contributed by atoms with E-state index in [1.54, 1.807) is 18.2 Å². The third-order valence-electron chi connectivity index (χ3n) is 3.81.